The van der Waals surface area contributed by atoms with E-state index in [1.165, 1.54) is 48.3 Å². The first-order chi connectivity index (χ1) is 14.7. The lowest BCUT2D eigenvalue weighted by Gasteiger charge is -2.23. The smallest absolute Gasteiger partial charge is 0.162 e. The highest BCUT2D eigenvalue weighted by molar-refractivity contribution is 5.85. The van der Waals surface area contributed by atoms with Gasteiger partial charge in [0.25, 0.3) is 0 Å². The molecule has 1 N–H and O–H groups in total. The van der Waals surface area contributed by atoms with Crippen LogP contribution in [0, 0.1) is 6.92 Å². The van der Waals surface area contributed by atoms with Gasteiger partial charge in [0.15, 0.2) is 6.23 Å². The topological polar surface area (TPSA) is 65.5 Å². The Hall–Kier alpha value is -2.64. The largest absolute Gasteiger partial charge is 0.343 e. The SMILES string of the molecule is CCN1c2ccc(-c3cnn(CCN4CCCC4)c3)cc2-c2n[nH]c(C)c2C2OC21. The summed E-state index contributed by atoms with van der Waals surface area (Å²) in [7, 11) is 0. The lowest BCUT2D eigenvalue weighted by atomic mass is 9.99. The number of hydrogen-bond acceptors (Lipinski definition) is 5. The third-order valence-corrected chi connectivity index (χ3v) is 6.77. The second-order valence-corrected chi connectivity index (χ2v) is 8.62. The van der Waals surface area contributed by atoms with Crippen LogP contribution in [0.15, 0.2) is 30.6 Å². The number of fused-ring (bicyclic) bond motifs is 5. The van der Waals surface area contributed by atoms with Gasteiger partial charge in [-0.3, -0.25) is 9.78 Å². The predicted molar refractivity (Wildman–Crippen MR) is 116 cm³/mol. The molecule has 3 aliphatic heterocycles. The molecule has 7 nitrogen and oxygen atoms in total. The number of benzene rings is 1. The lowest BCUT2D eigenvalue weighted by molar-refractivity contribution is 0.316. The van der Waals surface area contributed by atoms with Crippen molar-refractivity contribution in [3.8, 4) is 22.4 Å². The molecule has 0 spiro atoms. The van der Waals surface area contributed by atoms with Gasteiger partial charge in [-0.15, -0.1) is 0 Å². The Bertz CT molecular complexity index is 1080. The van der Waals surface area contributed by atoms with Crippen LogP contribution in [0.25, 0.3) is 22.4 Å². The van der Waals surface area contributed by atoms with Crippen molar-refractivity contribution in [1.29, 1.82) is 0 Å². The molecule has 0 bridgehead atoms. The molecular weight excluding hydrogens is 376 g/mol. The first-order valence-electron chi connectivity index (χ1n) is 11.1. The van der Waals surface area contributed by atoms with Crippen molar-refractivity contribution in [3.63, 3.8) is 0 Å². The van der Waals surface area contributed by atoms with E-state index in [2.05, 4.69) is 68.0 Å². The molecule has 0 radical (unpaired) electrons. The number of ether oxygens (including phenoxy) is 1. The van der Waals surface area contributed by atoms with Gasteiger partial charge in [0.05, 0.1) is 12.7 Å². The number of likely N-dealkylation sites (tertiary alicyclic amines) is 1. The summed E-state index contributed by atoms with van der Waals surface area (Å²) in [6.07, 6.45) is 7.04. The highest BCUT2D eigenvalue weighted by Crippen LogP contribution is 2.52. The number of nitrogens with one attached hydrogen (secondary N) is 1. The number of rotatable bonds is 5. The van der Waals surface area contributed by atoms with Gasteiger partial charge in [0.2, 0.25) is 0 Å². The van der Waals surface area contributed by atoms with Gasteiger partial charge in [-0.25, -0.2) is 0 Å². The van der Waals surface area contributed by atoms with Crippen molar-refractivity contribution >= 4 is 5.69 Å². The third-order valence-electron chi connectivity index (χ3n) is 6.77. The van der Waals surface area contributed by atoms with Crippen molar-refractivity contribution in [1.82, 2.24) is 24.9 Å². The Labute approximate surface area is 176 Å². The Morgan fingerprint density at radius 2 is 2.03 bits per heavy atom. The number of likely N-dealkylation sites (N-methyl/N-ethyl adjacent to an activating group) is 1. The van der Waals surface area contributed by atoms with E-state index in [0.29, 0.717) is 0 Å². The molecule has 2 saturated heterocycles. The molecule has 0 amide bonds. The maximum Gasteiger partial charge on any atom is 0.162 e. The maximum atomic E-state index is 6.02. The molecule has 0 aliphatic carbocycles. The molecule has 30 heavy (non-hydrogen) atoms. The molecule has 156 valence electrons. The molecule has 2 atom stereocenters. The van der Waals surface area contributed by atoms with E-state index in [1.54, 1.807) is 0 Å². The standard InChI is InChI=1S/C23H28N6O/c1-3-29-19-7-6-16(17-13-24-28(14-17)11-10-27-8-4-5-9-27)12-18(19)21-20(15(2)25-26-21)22-23(29)30-22/h6-7,12-14,22-23H,3-5,8-11H2,1-2H3,(H,25,26). The van der Waals surface area contributed by atoms with Crippen LogP contribution in [-0.2, 0) is 11.3 Å². The number of epoxide rings is 1. The lowest BCUT2D eigenvalue weighted by Crippen LogP contribution is -2.26. The van der Waals surface area contributed by atoms with E-state index in [0.717, 1.165) is 36.6 Å². The summed E-state index contributed by atoms with van der Waals surface area (Å²) >= 11 is 0. The minimum Gasteiger partial charge on any atom is -0.343 e. The molecule has 3 aromatic rings. The van der Waals surface area contributed by atoms with Crippen LogP contribution in [0.4, 0.5) is 5.69 Å². The molecule has 6 rings (SSSR count). The number of hydrogen-bond donors (Lipinski definition) is 1. The van der Waals surface area contributed by atoms with Gasteiger partial charge in [-0.2, -0.15) is 10.2 Å². The van der Waals surface area contributed by atoms with Crippen LogP contribution in [0.2, 0.25) is 0 Å². The summed E-state index contributed by atoms with van der Waals surface area (Å²) < 4.78 is 8.09. The van der Waals surface area contributed by atoms with E-state index < -0.39 is 0 Å². The van der Waals surface area contributed by atoms with Gasteiger partial charge in [-0.05, 0) is 57.5 Å². The Kier molecular flexibility index (Phi) is 4.21. The zero-order chi connectivity index (χ0) is 20.2. The van der Waals surface area contributed by atoms with Crippen molar-refractivity contribution in [2.45, 2.75) is 45.6 Å². The molecule has 0 saturated carbocycles. The Morgan fingerprint density at radius 3 is 2.87 bits per heavy atom. The number of anilines is 1. The van der Waals surface area contributed by atoms with E-state index in [9.17, 15) is 0 Å². The zero-order valence-electron chi connectivity index (χ0n) is 17.6. The Morgan fingerprint density at radius 1 is 1.17 bits per heavy atom. The number of aromatic amines is 1. The quantitative estimate of drug-likeness (QED) is 0.659. The normalized spacial score (nSPS) is 22.5. The van der Waals surface area contributed by atoms with Gasteiger partial charge < -0.3 is 14.5 Å². The fourth-order valence-electron chi connectivity index (χ4n) is 5.07. The maximum absolute atomic E-state index is 6.02. The van der Waals surface area contributed by atoms with Gasteiger partial charge >= 0.3 is 0 Å². The van der Waals surface area contributed by atoms with E-state index in [4.69, 9.17) is 4.74 Å². The second kappa shape index (κ2) is 6.96. The first kappa shape index (κ1) is 18.2. The minimum absolute atomic E-state index is 0.114. The highest BCUT2D eigenvalue weighted by Gasteiger charge is 2.50. The average Bonchev–Trinajstić information content (AvgIpc) is 3.14. The molecule has 5 heterocycles. The molecule has 1 aromatic carbocycles. The zero-order valence-corrected chi connectivity index (χ0v) is 17.6. The molecule has 2 aromatic heterocycles. The fraction of sp³-hybridized carbons (Fsp3) is 0.478. The summed E-state index contributed by atoms with van der Waals surface area (Å²) in [4.78, 5) is 4.88. The van der Waals surface area contributed by atoms with Crippen molar-refractivity contribution < 1.29 is 4.74 Å². The van der Waals surface area contributed by atoms with Gasteiger partial charge in [0.1, 0.15) is 11.8 Å². The molecule has 2 unspecified atom stereocenters. The third kappa shape index (κ3) is 2.87. The summed E-state index contributed by atoms with van der Waals surface area (Å²) in [5, 5.41) is 12.5. The molecule has 7 heteroatoms. The van der Waals surface area contributed by atoms with Crippen LogP contribution < -0.4 is 4.90 Å². The average molecular weight is 405 g/mol. The van der Waals surface area contributed by atoms with Gasteiger partial charge in [0, 0.05) is 47.4 Å². The number of aromatic nitrogens is 4. The van der Waals surface area contributed by atoms with E-state index in [1.807, 2.05) is 6.20 Å². The van der Waals surface area contributed by atoms with E-state index >= 15 is 0 Å². The Balaban J connectivity index is 1.33. The molecule has 2 fully saturated rings. The highest BCUT2D eigenvalue weighted by atomic mass is 16.6. The minimum atomic E-state index is 0.114. The van der Waals surface area contributed by atoms with Crippen LogP contribution in [0.3, 0.4) is 0 Å². The molecular formula is C23H28N6O. The number of aryl methyl sites for hydroxylation is 1. The summed E-state index contributed by atoms with van der Waals surface area (Å²) in [5.41, 5.74) is 8.03. The summed E-state index contributed by atoms with van der Waals surface area (Å²) in [5.74, 6) is 0. The molecule has 3 aliphatic rings. The monoisotopic (exact) mass is 404 g/mol. The van der Waals surface area contributed by atoms with Crippen molar-refractivity contribution in [2.75, 3.05) is 31.1 Å². The second-order valence-electron chi connectivity index (χ2n) is 8.62. The summed E-state index contributed by atoms with van der Waals surface area (Å²) in [6.45, 7) is 9.65. The van der Waals surface area contributed by atoms with Gasteiger partial charge in [-0.1, -0.05) is 6.07 Å². The van der Waals surface area contributed by atoms with Crippen molar-refractivity contribution in [3.05, 3.63) is 41.9 Å². The fourth-order valence-corrected chi connectivity index (χ4v) is 5.07. The first-order valence-corrected chi connectivity index (χ1v) is 11.1. The summed E-state index contributed by atoms with van der Waals surface area (Å²) in [6, 6.07) is 6.68. The number of H-pyrrole nitrogens is 1. The van der Waals surface area contributed by atoms with Crippen molar-refractivity contribution in [2.24, 2.45) is 0 Å². The van der Waals surface area contributed by atoms with Crippen LogP contribution >= 0.6 is 0 Å². The van der Waals surface area contributed by atoms with Crippen LogP contribution in [0.5, 0.6) is 0 Å². The van der Waals surface area contributed by atoms with Crippen LogP contribution in [-0.4, -0.2) is 57.3 Å². The van der Waals surface area contributed by atoms with E-state index in [-0.39, 0.29) is 12.3 Å². The predicted octanol–water partition coefficient (Wildman–Crippen LogP) is 3.58. The number of nitrogens with zero attached hydrogens (tertiary/aromatic N) is 5. The van der Waals surface area contributed by atoms with Crippen LogP contribution in [0.1, 0.15) is 37.1 Å².